The largest absolute Gasteiger partial charge is 0.324 e. The molecular formula is C19H13BrClN5OS. The van der Waals surface area contributed by atoms with Gasteiger partial charge in [0.25, 0.3) is 0 Å². The van der Waals surface area contributed by atoms with Crippen molar-refractivity contribution in [3.8, 4) is 5.69 Å². The Kier molecular flexibility index (Phi) is 5.61. The van der Waals surface area contributed by atoms with Crippen LogP contribution in [0, 0.1) is 0 Å². The number of nitrogens with one attached hydrogen (secondary N) is 1. The molecular weight excluding hydrogens is 462 g/mol. The van der Waals surface area contributed by atoms with Crippen molar-refractivity contribution in [2.24, 2.45) is 0 Å². The SMILES string of the molecule is O=C(CSc1ncnc2c1cnn2-c1ccccc1Cl)Nc1ccccc1Br. The zero-order chi connectivity index (χ0) is 19.5. The summed E-state index contributed by atoms with van der Waals surface area (Å²) in [5.41, 5.74) is 2.10. The number of carbonyl (C=O) groups excluding carboxylic acids is 1. The Morgan fingerprint density at radius 3 is 2.75 bits per heavy atom. The van der Waals surface area contributed by atoms with Crippen LogP contribution in [0.5, 0.6) is 0 Å². The number of rotatable bonds is 5. The molecule has 1 amide bonds. The van der Waals surface area contributed by atoms with Crippen LogP contribution in [0.4, 0.5) is 5.69 Å². The first kappa shape index (κ1) is 18.9. The number of aromatic nitrogens is 4. The smallest absolute Gasteiger partial charge is 0.234 e. The lowest BCUT2D eigenvalue weighted by atomic mass is 10.3. The van der Waals surface area contributed by atoms with Crippen molar-refractivity contribution in [3.63, 3.8) is 0 Å². The van der Waals surface area contributed by atoms with Crippen LogP contribution in [0.2, 0.25) is 5.02 Å². The average Bonchev–Trinajstić information content (AvgIpc) is 3.13. The van der Waals surface area contributed by atoms with Crippen molar-refractivity contribution < 1.29 is 4.79 Å². The molecule has 0 saturated heterocycles. The van der Waals surface area contributed by atoms with Crippen molar-refractivity contribution in [1.82, 2.24) is 19.7 Å². The van der Waals surface area contributed by atoms with Gasteiger partial charge in [-0.15, -0.1) is 0 Å². The summed E-state index contributed by atoms with van der Waals surface area (Å²) < 4.78 is 2.50. The first-order valence-corrected chi connectivity index (χ1v) is 10.4. The molecule has 0 unspecified atom stereocenters. The molecule has 1 N–H and O–H groups in total. The number of hydrogen-bond acceptors (Lipinski definition) is 5. The van der Waals surface area contributed by atoms with Crippen LogP contribution in [0.1, 0.15) is 0 Å². The number of carbonyl (C=O) groups is 1. The number of thioether (sulfide) groups is 1. The summed E-state index contributed by atoms with van der Waals surface area (Å²) in [7, 11) is 0. The van der Waals surface area contributed by atoms with Crippen molar-refractivity contribution in [1.29, 1.82) is 0 Å². The highest BCUT2D eigenvalue weighted by Crippen LogP contribution is 2.28. The molecule has 0 saturated carbocycles. The molecule has 2 heterocycles. The number of nitrogens with zero attached hydrogens (tertiary/aromatic N) is 4. The Labute approximate surface area is 178 Å². The molecule has 9 heteroatoms. The fourth-order valence-corrected chi connectivity index (χ4v) is 3.98. The number of benzene rings is 2. The van der Waals surface area contributed by atoms with Crippen molar-refractivity contribution >= 4 is 61.9 Å². The molecule has 28 heavy (non-hydrogen) atoms. The van der Waals surface area contributed by atoms with E-state index in [4.69, 9.17) is 11.6 Å². The summed E-state index contributed by atoms with van der Waals surface area (Å²) in [6, 6.07) is 14.9. The van der Waals surface area contributed by atoms with E-state index in [0.29, 0.717) is 15.7 Å². The zero-order valence-corrected chi connectivity index (χ0v) is 17.5. The topological polar surface area (TPSA) is 72.7 Å². The third kappa shape index (κ3) is 3.89. The van der Waals surface area contributed by atoms with Crippen molar-refractivity contribution in [2.75, 3.05) is 11.1 Å². The summed E-state index contributed by atoms with van der Waals surface area (Å²) in [6.45, 7) is 0. The molecule has 140 valence electrons. The second kappa shape index (κ2) is 8.30. The molecule has 0 bridgehead atoms. The minimum absolute atomic E-state index is 0.123. The van der Waals surface area contributed by atoms with Gasteiger partial charge in [0.15, 0.2) is 5.65 Å². The maximum absolute atomic E-state index is 12.3. The van der Waals surface area contributed by atoms with E-state index in [1.807, 2.05) is 42.5 Å². The molecule has 0 aliphatic carbocycles. The van der Waals surface area contributed by atoms with Gasteiger partial charge in [-0.2, -0.15) is 5.10 Å². The Balaban J connectivity index is 1.55. The maximum atomic E-state index is 12.3. The third-order valence-corrected chi connectivity index (χ3v) is 5.91. The van der Waals surface area contributed by atoms with E-state index in [2.05, 4.69) is 36.3 Å². The van der Waals surface area contributed by atoms with Crippen molar-refractivity contribution in [3.05, 3.63) is 70.6 Å². The van der Waals surface area contributed by atoms with E-state index >= 15 is 0 Å². The molecule has 0 radical (unpaired) electrons. The second-order valence-electron chi connectivity index (χ2n) is 5.74. The second-order valence-corrected chi connectivity index (χ2v) is 7.97. The quantitative estimate of drug-likeness (QED) is 0.327. The van der Waals surface area contributed by atoms with Crippen molar-refractivity contribution in [2.45, 2.75) is 5.03 Å². The molecule has 4 aromatic rings. The number of halogens is 2. The Bertz CT molecular complexity index is 1170. The van der Waals surface area contributed by atoms with Gasteiger partial charge in [-0.25, -0.2) is 14.6 Å². The van der Waals surface area contributed by atoms with E-state index in [0.717, 1.165) is 21.2 Å². The molecule has 6 nitrogen and oxygen atoms in total. The van der Waals surface area contributed by atoms with E-state index in [1.165, 1.54) is 18.1 Å². The molecule has 0 atom stereocenters. The highest BCUT2D eigenvalue weighted by atomic mass is 79.9. The summed E-state index contributed by atoms with van der Waals surface area (Å²) in [4.78, 5) is 21.0. The summed E-state index contributed by atoms with van der Waals surface area (Å²) in [5, 5.41) is 9.31. The molecule has 0 fully saturated rings. The third-order valence-electron chi connectivity index (χ3n) is 3.90. The zero-order valence-electron chi connectivity index (χ0n) is 14.3. The first-order chi connectivity index (χ1) is 13.6. The molecule has 2 aromatic heterocycles. The lowest BCUT2D eigenvalue weighted by Gasteiger charge is -2.07. The Hall–Kier alpha value is -2.42. The summed E-state index contributed by atoms with van der Waals surface area (Å²) in [6.07, 6.45) is 3.15. The molecule has 0 spiro atoms. The van der Waals surface area contributed by atoms with Gasteiger partial charge in [-0.1, -0.05) is 47.6 Å². The summed E-state index contributed by atoms with van der Waals surface area (Å²) >= 11 is 11.0. The number of para-hydroxylation sites is 2. The van der Waals surface area contributed by atoms with Gasteiger partial charge < -0.3 is 5.32 Å². The van der Waals surface area contributed by atoms with Gasteiger partial charge in [-0.05, 0) is 40.2 Å². The number of anilines is 1. The van der Waals surface area contributed by atoms with Gasteiger partial charge in [0.05, 0.1) is 33.7 Å². The summed E-state index contributed by atoms with van der Waals surface area (Å²) in [5.74, 6) is 0.0900. The Morgan fingerprint density at radius 1 is 1.14 bits per heavy atom. The normalized spacial score (nSPS) is 10.9. The highest BCUT2D eigenvalue weighted by Gasteiger charge is 2.14. The standard InChI is InChI=1S/C19H13BrClN5OS/c20-13-5-1-3-7-15(13)25-17(27)10-28-19-12-9-24-26(18(12)22-11-23-19)16-8-4-2-6-14(16)21/h1-9,11H,10H2,(H,25,27). The molecule has 4 rings (SSSR count). The fourth-order valence-electron chi connectivity index (χ4n) is 2.62. The monoisotopic (exact) mass is 473 g/mol. The number of hydrogen-bond donors (Lipinski definition) is 1. The number of amides is 1. The average molecular weight is 475 g/mol. The lowest BCUT2D eigenvalue weighted by Crippen LogP contribution is -2.14. The fraction of sp³-hybridized carbons (Fsp3) is 0.0526. The lowest BCUT2D eigenvalue weighted by molar-refractivity contribution is -0.113. The Morgan fingerprint density at radius 2 is 1.93 bits per heavy atom. The minimum Gasteiger partial charge on any atom is -0.324 e. The van der Waals surface area contributed by atoms with Gasteiger partial charge in [0.1, 0.15) is 11.4 Å². The van der Waals surface area contributed by atoms with Crippen LogP contribution in [-0.4, -0.2) is 31.4 Å². The van der Waals surface area contributed by atoms with E-state index in [-0.39, 0.29) is 11.7 Å². The van der Waals surface area contributed by atoms with E-state index < -0.39 is 0 Å². The van der Waals surface area contributed by atoms with E-state index in [9.17, 15) is 4.79 Å². The van der Waals surface area contributed by atoms with Crippen LogP contribution >= 0.6 is 39.3 Å². The van der Waals surface area contributed by atoms with Crippen LogP contribution < -0.4 is 5.32 Å². The van der Waals surface area contributed by atoms with Crippen LogP contribution in [0.3, 0.4) is 0 Å². The minimum atomic E-state index is -0.123. The molecule has 0 aliphatic rings. The predicted molar refractivity (Wildman–Crippen MR) is 115 cm³/mol. The van der Waals surface area contributed by atoms with E-state index in [1.54, 1.807) is 16.9 Å². The first-order valence-electron chi connectivity index (χ1n) is 8.24. The molecule has 0 aliphatic heterocycles. The van der Waals surface area contributed by atoms with Gasteiger partial charge in [0, 0.05) is 4.47 Å². The van der Waals surface area contributed by atoms with Gasteiger partial charge in [0.2, 0.25) is 5.91 Å². The predicted octanol–water partition coefficient (Wildman–Crippen LogP) is 4.96. The van der Waals surface area contributed by atoms with Crippen LogP contribution in [0.15, 0.2) is 70.6 Å². The van der Waals surface area contributed by atoms with Gasteiger partial charge in [-0.3, -0.25) is 4.79 Å². The highest BCUT2D eigenvalue weighted by molar-refractivity contribution is 9.10. The maximum Gasteiger partial charge on any atom is 0.234 e. The van der Waals surface area contributed by atoms with Crippen LogP contribution in [-0.2, 0) is 4.79 Å². The van der Waals surface area contributed by atoms with Crippen LogP contribution in [0.25, 0.3) is 16.7 Å². The number of fused-ring (bicyclic) bond motifs is 1. The molecule has 2 aromatic carbocycles. The van der Waals surface area contributed by atoms with Gasteiger partial charge >= 0.3 is 0 Å².